The summed E-state index contributed by atoms with van der Waals surface area (Å²) in [4.78, 5) is 14.1. The quantitative estimate of drug-likeness (QED) is 0.741. The molecule has 0 unspecified atom stereocenters. The molecule has 2 fully saturated rings. The van der Waals surface area contributed by atoms with Crippen molar-refractivity contribution in [1.82, 2.24) is 14.9 Å². The van der Waals surface area contributed by atoms with Crippen LogP contribution in [0.15, 0.2) is 0 Å². The van der Waals surface area contributed by atoms with Gasteiger partial charge in [-0.25, -0.2) is 17.9 Å². The van der Waals surface area contributed by atoms with Gasteiger partial charge in [0.15, 0.2) is 0 Å². The van der Waals surface area contributed by atoms with Crippen molar-refractivity contribution in [1.29, 1.82) is 0 Å². The summed E-state index contributed by atoms with van der Waals surface area (Å²) in [5, 5.41) is 2.81. The lowest BCUT2D eigenvalue weighted by Crippen LogP contribution is -2.47. The monoisotopic (exact) mass is 303 g/mol. The van der Waals surface area contributed by atoms with E-state index in [4.69, 9.17) is 0 Å². The van der Waals surface area contributed by atoms with Crippen LogP contribution in [-0.2, 0) is 10.0 Å². The number of hydrogen-bond donors (Lipinski definition) is 2. The molecule has 1 saturated heterocycles. The molecular weight excluding hydrogens is 278 g/mol. The standard InChI is InChI=1S/C13H25N3O3S/c1-20(18,19)15-9-8-14-13(17)16-10-4-7-12(16)11-5-2-3-6-11/h11-12,15H,2-10H2,1H3,(H,14,17)/t12-/m1/s1. The van der Waals surface area contributed by atoms with E-state index in [0.717, 1.165) is 25.6 Å². The van der Waals surface area contributed by atoms with Crippen LogP contribution in [0.5, 0.6) is 0 Å². The highest BCUT2D eigenvalue weighted by Crippen LogP contribution is 2.35. The molecule has 0 aromatic carbocycles. The highest BCUT2D eigenvalue weighted by Gasteiger charge is 2.35. The fraction of sp³-hybridized carbons (Fsp3) is 0.923. The summed E-state index contributed by atoms with van der Waals surface area (Å²) in [6, 6.07) is 0.343. The fourth-order valence-corrected chi connectivity index (χ4v) is 3.86. The second kappa shape index (κ2) is 6.76. The minimum atomic E-state index is -3.18. The number of nitrogens with one attached hydrogen (secondary N) is 2. The van der Waals surface area contributed by atoms with Crippen LogP contribution in [-0.4, -0.2) is 51.3 Å². The van der Waals surface area contributed by atoms with Crippen molar-refractivity contribution in [3.05, 3.63) is 0 Å². The molecule has 2 N–H and O–H groups in total. The summed E-state index contributed by atoms with van der Waals surface area (Å²) >= 11 is 0. The van der Waals surface area contributed by atoms with E-state index >= 15 is 0 Å². The van der Waals surface area contributed by atoms with E-state index < -0.39 is 10.0 Å². The molecule has 0 radical (unpaired) electrons. The minimum Gasteiger partial charge on any atom is -0.337 e. The summed E-state index contributed by atoms with van der Waals surface area (Å²) in [6.07, 6.45) is 8.36. The number of amides is 2. The molecule has 1 aliphatic heterocycles. The zero-order valence-electron chi connectivity index (χ0n) is 12.1. The normalized spacial score (nSPS) is 24.2. The number of hydrogen-bond acceptors (Lipinski definition) is 3. The molecule has 0 spiro atoms. The van der Waals surface area contributed by atoms with Crippen LogP contribution in [0.3, 0.4) is 0 Å². The van der Waals surface area contributed by atoms with Gasteiger partial charge in [-0.15, -0.1) is 0 Å². The summed E-state index contributed by atoms with van der Waals surface area (Å²) in [7, 11) is -3.18. The molecule has 1 aliphatic carbocycles. The lowest BCUT2D eigenvalue weighted by atomic mass is 9.96. The first-order valence-corrected chi connectivity index (χ1v) is 9.35. The maximum atomic E-state index is 12.2. The van der Waals surface area contributed by atoms with Crippen molar-refractivity contribution >= 4 is 16.1 Å². The molecule has 2 aliphatic rings. The summed E-state index contributed by atoms with van der Waals surface area (Å²) in [5.74, 6) is 0.664. The molecule has 20 heavy (non-hydrogen) atoms. The van der Waals surface area contributed by atoms with E-state index in [1.165, 1.54) is 25.7 Å². The van der Waals surface area contributed by atoms with Gasteiger partial charge in [0.25, 0.3) is 0 Å². The first-order valence-electron chi connectivity index (χ1n) is 7.46. The Bertz CT molecular complexity index is 432. The Labute approximate surface area is 121 Å². The molecule has 0 aromatic rings. The third kappa shape index (κ3) is 4.34. The second-order valence-corrected chi connectivity index (χ2v) is 7.68. The van der Waals surface area contributed by atoms with Gasteiger partial charge in [-0.05, 0) is 31.6 Å². The van der Waals surface area contributed by atoms with Crippen LogP contribution >= 0.6 is 0 Å². The van der Waals surface area contributed by atoms with Gasteiger partial charge in [0.1, 0.15) is 0 Å². The Balaban J connectivity index is 1.76. The number of sulfonamides is 1. The smallest absolute Gasteiger partial charge is 0.317 e. The van der Waals surface area contributed by atoms with Crippen molar-refractivity contribution in [3.8, 4) is 0 Å². The lowest BCUT2D eigenvalue weighted by Gasteiger charge is -2.29. The zero-order chi connectivity index (χ0) is 14.6. The van der Waals surface area contributed by atoms with Crippen LogP contribution in [0.1, 0.15) is 38.5 Å². The number of carbonyl (C=O) groups excluding carboxylic acids is 1. The van der Waals surface area contributed by atoms with Crippen molar-refractivity contribution in [2.45, 2.75) is 44.6 Å². The van der Waals surface area contributed by atoms with Gasteiger partial charge in [-0.1, -0.05) is 12.8 Å². The van der Waals surface area contributed by atoms with Gasteiger partial charge >= 0.3 is 6.03 Å². The summed E-state index contributed by atoms with van der Waals surface area (Å²) in [5.41, 5.74) is 0. The Morgan fingerprint density at radius 3 is 2.50 bits per heavy atom. The zero-order valence-corrected chi connectivity index (χ0v) is 12.9. The first kappa shape index (κ1) is 15.6. The van der Waals surface area contributed by atoms with Gasteiger partial charge in [0.2, 0.25) is 10.0 Å². The second-order valence-electron chi connectivity index (χ2n) is 5.85. The molecular formula is C13H25N3O3S. The number of rotatable bonds is 5. The highest BCUT2D eigenvalue weighted by molar-refractivity contribution is 7.88. The van der Waals surface area contributed by atoms with Crippen LogP contribution in [0.25, 0.3) is 0 Å². The fourth-order valence-electron chi connectivity index (χ4n) is 3.38. The molecule has 0 bridgehead atoms. The molecule has 1 saturated carbocycles. The third-order valence-corrected chi connectivity index (χ3v) is 5.00. The van der Waals surface area contributed by atoms with E-state index in [1.807, 2.05) is 4.90 Å². The molecule has 1 heterocycles. The molecule has 1 atom stereocenters. The number of nitrogens with zero attached hydrogens (tertiary/aromatic N) is 1. The Morgan fingerprint density at radius 2 is 1.85 bits per heavy atom. The number of likely N-dealkylation sites (tertiary alicyclic amines) is 1. The number of urea groups is 1. The predicted octanol–water partition coefficient (Wildman–Crippen LogP) is 0.900. The Morgan fingerprint density at radius 1 is 1.15 bits per heavy atom. The van der Waals surface area contributed by atoms with Crippen LogP contribution in [0.4, 0.5) is 4.79 Å². The van der Waals surface area contributed by atoms with Crippen LogP contribution in [0, 0.1) is 5.92 Å². The summed E-state index contributed by atoms with van der Waals surface area (Å²) in [6.45, 7) is 1.40. The van der Waals surface area contributed by atoms with Crippen LogP contribution < -0.4 is 10.0 Å². The number of carbonyl (C=O) groups is 1. The molecule has 116 valence electrons. The maximum absolute atomic E-state index is 12.2. The maximum Gasteiger partial charge on any atom is 0.317 e. The Kier molecular flexibility index (Phi) is 5.26. The highest BCUT2D eigenvalue weighted by atomic mass is 32.2. The van der Waals surface area contributed by atoms with Gasteiger partial charge < -0.3 is 10.2 Å². The first-order chi connectivity index (χ1) is 9.47. The molecule has 7 heteroatoms. The van der Waals surface area contributed by atoms with E-state index in [1.54, 1.807) is 0 Å². The third-order valence-electron chi connectivity index (χ3n) is 4.27. The van der Waals surface area contributed by atoms with Gasteiger partial charge in [-0.2, -0.15) is 0 Å². The molecule has 0 aromatic heterocycles. The minimum absolute atomic E-state index is 0.0466. The van der Waals surface area contributed by atoms with Crippen molar-refractivity contribution in [3.63, 3.8) is 0 Å². The van der Waals surface area contributed by atoms with Crippen molar-refractivity contribution < 1.29 is 13.2 Å². The Hall–Kier alpha value is -0.820. The SMILES string of the molecule is CS(=O)(=O)NCCNC(=O)N1CCC[C@@H]1C1CCCC1. The van der Waals surface area contributed by atoms with E-state index in [0.29, 0.717) is 18.5 Å². The molecule has 2 rings (SSSR count). The lowest BCUT2D eigenvalue weighted by molar-refractivity contribution is 0.173. The van der Waals surface area contributed by atoms with E-state index in [9.17, 15) is 13.2 Å². The average molecular weight is 303 g/mol. The van der Waals surface area contributed by atoms with Crippen molar-refractivity contribution in [2.75, 3.05) is 25.9 Å². The van der Waals surface area contributed by atoms with Crippen molar-refractivity contribution in [2.24, 2.45) is 5.92 Å². The average Bonchev–Trinajstić information content (AvgIpc) is 3.01. The van der Waals surface area contributed by atoms with Crippen LogP contribution in [0.2, 0.25) is 0 Å². The molecule has 2 amide bonds. The largest absolute Gasteiger partial charge is 0.337 e. The van der Waals surface area contributed by atoms with Gasteiger partial charge in [0.05, 0.1) is 6.26 Å². The van der Waals surface area contributed by atoms with Gasteiger partial charge in [0, 0.05) is 25.7 Å². The van der Waals surface area contributed by atoms with Gasteiger partial charge in [-0.3, -0.25) is 0 Å². The predicted molar refractivity (Wildman–Crippen MR) is 77.9 cm³/mol. The summed E-state index contributed by atoms with van der Waals surface area (Å²) < 4.78 is 24.2. The van der Waals surface area contributed by atoms with E-state index in [2.05, 4.69) is 10.0 Å². The topological polar surface area (TPSA) is 78.5 Å². The molecule has 6 nitrogen and oxygen atoms in total. The van der Waals surface area contributed by atoms with E-state index in [-0.39, 0.29) is 12.6 Å².